The van der Waals surface area contributed by atoms with Crippen molar-refractivity contribution in [2.75, 3.05) is 11.9 Å². The van der Waals surface area contributed by atoms with Gasteiger partial charge in [0.15, 0.2) is 0 Å². The van der Waals surface area contributed by atoms with Gasteiger partial charge in [-0.15, -0.1) is 0 Å². The fourth-order valence-electron chi connectivity index (χ4n) is 1.04. The first-order valence-electron chi connectivity index (χ1n) is 4.36. The molecule has 0 aromatic heterocycles. The third kappa shape index (κ3) is 3.26. The van der Waals surface area contributed by atoms with Gasteiger partial charge in [0.25, 0.3) is 0 Å². The van der Waals surface area contributed by atoms with E-state index >= 15 is 0 Å². The lowest BCUT2D eigenvalue weighted by Gasteiger charge is -2.07. The van der Waals surface area contributed by atoms with Crippen molar-refractivity contribution in [2.45, 2.75) is 6.92 Å². The van der Waals surface area contributed by atoms with Crippen LogP contribution in [0.2, 0.25) is 0 Å². The monoisotopic (exact) mass is 224 g/mol. The van der Waals surface area contributed by atoms with Gasteiger partial charge in [0, 0.05) is 12.1 Å². The molecule has 1 rings (SSSR count). The number of nitriles is 1. The van der Waals surface area contributed by atoms with Crippen LogP contribution in [-0.4, -0.2) is 6.54 Å². The topological polar surface area (TPSA) is 35.8 Å². The summed E-state index contributed by atoms with van der Waals surface area (Å²) in [5, 5.41) is 11.8. The molecule has 0 bridgehead atoms. The zero-order valence-electron chi connectivity index (χ0n) is 8.22. The van der Waals surface area contributed by atoms with E-state index in [-0.39, 0.29) is 5.56 Å². The second kappa shape index (κ2) is 5.38. The van der Waals surface area contributed by atoms with Crippen LogP contribution in [-0.2, 0) is 0 Å². The van der Waals surface area contributed by atoms with Crippen molar-refractivity contribution in [1.82, 2.24) is 0 Å². The van der Waals surface area contributed by atoms with Gasteiger partial charge in [-0.3, -0.25) is 0 Å². The lowest BCUT2D eigenvalue weighted by molar-refractivity contribution is 0.627. The largest absolute Gasteiger partial charge is 0.380 e. The Morgan fingerprint density at radius 1 is 1.67 bits per heavy atom. The number of rotatable bonds is 3. The van der Waals surface area contributed by atoms with Crippen LogP contribution < -0.4 is 5.32 Å². The Hall–Kier alpha value is -1.53. The van der Waals surface area contributed by atoms with E-state index in [1.807, 2.05) is 13.0 Å². The Balaban J connectivity index is 2.82. The number of benzene rings is 1. The zero-order chi connectivity index (χ0) is 11.3. The number of anilines is 1. The SMILES string of the molecule is C/C(=C/Cl)CNc1ccc(F)cc1C#N. The third-order valence-corrected chi connectivity index (χ3v) is 2.22. The molecule has 0 aliphatic rings. The molecule has 15 heavy (non-hydrogen) atoms. The molecule has 0 fully saturated rings. The molecular formula is C11H10ClFN2. The van der Waals surface area contributed by atoms with E-state index in [2.05, 4.69) is 5.32 Å². The molecule has 1 aromatic rings. The number of nitrogens with one attached hydrogen (secondary N) is 1. The summed E-state index contributed by atoms with van der Waals surface area (Å²) >= 11 is 5.49. The Bertz CT molecular complexity index is 421. The quantitative estimate of drug-likeness (QED) is 0.856. The van der Waals surface area contributed by atoms with Gasteiger partial charge in [-0.1, -0.05) is 11.6 Å². The summed E-state index contributed by atoms with van der Waals surface area (Å²) in [5.74, 6) is -0.415. The first-order valence-corrected chi connectivity index (χ1v) is 4.80. The molecule has 1 N–H and O–H groups in total. The van der Waals surface area contributed by atoms with E-state index in [9.17, 15) is 4.39 Å². The molecule has 4 heteroatoms. The molecule has 0 aliphatic carbocycles. The highest BCUT2D eigenvalue weighted by atomic mass is 35.5. The summed E-state index contributed by atoms with van der Waals surface area (Å²) in [6, 6.07) is 5.97. The van der Waals surface area contributed by atoms with Gasteiger partial charge >= 0.3 is 0 Å². The molecule has 0 atom stereocenters. The Morgan fingerprint density at radius 2 is 2.40 bits per heavy atom. The van der Waals surface area contributed by atoms with Crippen LogP contribution in [0.5, 0.6) is 0 Å². The first kappa shape index (κ1) is 11.5. The predicted molar refractivity (Wildman–Crippen MR) is 59.2 cm³/mol. The summed E-state index contributed by atoms with van der Waals surface area (Å²) < 4.78 is 12.8. The van der Waals surface area contributed by atoms with E-state index < -0.39 is 5.82 Å². The van der Waals surface area contributed by atoms with Gasteiger partial charge in [-0.2, -0.15) is 5.26 Å². The number of hydrogen-bond acceptors (Lipinski definition) is 2. The van der Waals surface area contributed by atoms with Crippen molar-refractivity contribution in [2.24, 2.45) is 0 Å². The van der Waals surface area contributed by atoms with Crippen LogP contribution in [0.15, 0.2) is 29.3 Å². The minimum absolute atomic E-state index is 0.289. The Kier molecular flexibility index (Phi) is 4.14. The van der Waals surface area contributed by atoms with E-state index in [0.717, 1.165) is 5.57 Å². The molecule has 1 aromatic carbocycles. The average Bonchev–Trinajstić information content (AvgIpc) is 2.26. The van der Waals surface area contributed by atoms with Crippen molar-refractivity contribution in [1.29, 1.82) is 5.26 Å². The molecule has 0 aliphatic heterocycles. The van der Waals surface area contributed by atoms with Crippen LogP contribution in [0.3, 0.4) is 0 Å². The summed E-state index contributed by atoms with van der Waals surface area (Å²) in [4.78, 5) is 0. The smallest absolute Gasteiger partial charge is 0.124 e. The zero-order valence-corrected chi connectivity index (χ0v) is 8.98. The molecule has 0 saturated carbocycles. The molecule has 0 saturated heterocycles. The lowest BCUT2D eigenvalue weighted by atomic mass is 10.2. The minimum Gasteiger partial charge on any atom is -0.380 e. The van der Waals surface area contributed by atoms with E-state index in [1.165, 1.54) is 23.7 Å². The number of halogens is 2. The highest BCUT2D eigenvalue weighted by Gasteiger charge is 2.02. The van der Waals surface area contributed by atoms with E-state index in [4.69, 9.17) is 16.9 Å². The second-order valence-corrected chi connectivity index (χ2v) is 3.33. The van der Waals surface area contributed by atoms with E-state index in [1.54, 1.807) is 0 Å². The molecular weight excluding hydrogens is 215 g/mol. The first-order chi connectivity index (χ1) is 7.17. The molecule has 78 valence electrons. The van der Waals surface area contributed by atoms with Crippen molar-refractivity contribution < 1.29 is 4.39 Å². The van der Waals surface area contributed by atoms with Crippen LogP contribution >= 0.6 is 11.6 Å². The number of hydrogen-bond donors (Lipinski definition) is 1. The van der Waals surface area contributed by atoms with Crippen LogP contribution in [0.1, 0.15) is 12.5 Å². The van der Waals surface area contributed by atoms with Gasteiger partial charge in [-0.05, 0) is 30.7 Å². The van der Waals surface area contributed by atoms with Crippen molar-refractivity contribution in [3.8, 4) is 6.07 Å². The van der Waals surface area contributed by atoms with Crippen LogP contribution in [0.4, 0.5) is 10.1 Å². The maximum Gasteiger partial charge on any atom is 0.124 e. The van der Waals surface area contributed by atoms with Gasteiger partial charge < -0.3 is 5.32 Å². The molecule has 2 nitrogen and oxygen atoms in total. The summed E-state index contributed by atoms with van der Waals surface area (Å²) in [6.07, 6.45) is 0. The molecule has 0 spiro atoms. The summed E-state index contributed by atoms with van der Waals surface area (Å²) in [6.45, 7) is 2.39. The van der Waals surface area contributed by atoms with Crippen molar-refractivity contribution >= 4 is 17.3 Å². The third-order valence-electron chi connectivity index (χ3n) is 1.85. The van der Waals surface area contributed by atoms with Gasteiger partial charge in [0.1, 0.15) is 11.9 Å². The number of nitrogens with zero attached hydrogens (tertiary/aromatic N) is 1. The molecule has 0 radical (unpaired) electrons. The van der Waals surface area contributed by atoms with Crippen molar-refractivity contribution in [3.05, 3.63) is 40.7 Å². The Morgan fingerprint density at radius 3 is 3.00 bits per heavy atom. The highest BCUT2D eigenvalue weighted by molar-refractivity contribution is 6.25. The van der Waals surface area contributed by atoms with Gasteiger partial charge in [0.2, 0.25) is 0 Å². The van der Waals surface area contributed by atoms with Crippen molar-refractivity contribution in [3.63, 3.8) is 0 Å². The molecule has 0 unspecified atom stereocenters. The fraction of sp³-hybridized carbons (Fsp3) is 0.182. The summed E-state index contributed by atoms with van der Waals surface area (Å²) in [5.41, 5.74) is 3.29. The van der Waals surface area contributed by atoms with Crippen LogP contribution in [0, 0.1) is 17.1 Å². The average molecular weight is 225 g/mol. The van der Waals surface area contributed by atoms with Crippen LogP contribution in [0.25, 0.3) is 0 Å². The lowest BCUT2D eigenvalue weighted by Crippen LogP contribution is -2.04. The Labute approximate surface area is 93.0 Å². The molecule has 0 amide bonds. The second-order valence-electron chi connectivity index (χ2n) is 3.11. The highest BCUT2D eigenvalue weighted by Crippen LogP contribution is 2.16. The van der Waals surface area contributed by atoms with Gasteiger partial charge in [0.05, 0.1) is 11.3 Å². The fourth-order valence-corrected chi connectivity index (χ4v) is 1.11. The minimum atomic E-state index is -0.415. The normalized spacial score (nSPS) is 10.9. The standard InChI is InChI=1S/C11H10ClFN2/c1-8(5-12)7-15-11-3-2-10(13)4-9(11)6-14/h2-5,15H,7H2,1H3/b8-5-. The maximum absolute atomic E-state index is 12.8. The van der Waals surface area contributed by atoms with E-state index in [0.29, 0.717) is 12.2 Å². The molecule has 0 heterocycles. The predicted octanol–water partition coefficient (Wildman–Crippen LogP) is 3.25. The van der Waals surface area contributed by atoms with Gasteiger partial charge in [-0.25, -0.2) is 4.39 Å². The maximum atomic E-state index is 12.8. The summed E-state index contributed by atoms with van der Waals surface area (Å²) in [7, 11) is 0.